The van der Waals surface area contributed by atoms with Gasteiger partial charge in [0.25, 0.3) is 11.1 Å². The van der Waals surface area contributed by atoms with E-state index in [1.54, 1.807) is 7.05 Å². The van der Waals surface area contributed by atoms with E-state index < -0.39 is 17.8 Å². The smallest absolute Gasteiger partial charge is 0.445 e. The van der Waals surface area contributed by atoms with Gasteiger partial charge in [-0.25, -0.2) is 0 Å². The van der Waals surface area contributed by atoms with Gasteiger partial charge in [0.15, 0.2) is 6.61 Å². The molecule has 1 aromatic rings. The van der Waals surface area contributed by atoms with Gasteiger partial charge in [0.1, 0.15) is 0 Å². The predicted octanol–water partition coefficient (Wildman–Crippen LogP) is 3.65. The summed E-state index contributed by atoms with van der Waals surface area (Å²) < 4.78 is 42.4. The second kappa shape index (κ2) is 6.54. The van der Waals surface area contributed by atoms with Crippen molar-refractivity contribution in [1.82, 2.24) is 15.1 Å². The lowest BCUT2D eigenvalue weighted by Crippen LogP contribution is -2.32. The van der Waals surface area contributed by atoms with E-state index in [-0.39, 0.29) is 27.9 Å². The first-order valence-electron chi connectivity index (χ1n) is 7.18. The second-order valence-electron chi connectivity index (χ2n) is 6.34. The number of carbonyl (C=O) groups excluding carboxylic acids is 1. The molecular weight excluding hydrogens is 343 g/mol. The first kappa shape index (κ1) is 18.4. The van der Waals surface area contributed by atoms with Gasteiger partial charge in [0.05, 0.1) is 0 Å². The van der Waals surface area contributed by atoms with E-state index in [4.69, 9.17) is 4.74 Å². The highest BCUT2D eigenvalue weighted by Crippen LogP contribution is 2.35. The number of alkyl halides is 3. The van der Waals surface area contributed by atoms with Crippen molar-refractivity contribution in [3.8, 4) is 5.19 Å². The fourth-order valence-corrected chi connectivity index (χ4v) is 3.02. The van der Waals surface area contributed by atoms with Crippen LogP contribution in [0.25, 0.3) is 0 Å². The van der Waals surface area contributed by atoms with Crippen molar-refractivity contribution in [2.45, 2.75) is 33.4 Å². The van der Waals surface area contributed by atoms with E-state index in [0.717, 1.165) is 17.7 Å². The van der Waals surface area contributed by atoms with Crippen LogP contribution in [0, 0.1) is 5.41 Å². The fraction of sp³-hybridized carbons (Fsp3) is 0.533. The molecule has 0 aliphatic heterocycles. The molecule has 5 nitrogen and oxygen atoms in total. The zero-order chi connectivity index (χ0) is 18.1. The first-order valence-corrected chi connectivity index (χ1v) is 8.00. The van der Waals surface area contributed by atoms with E-state index in [2.05, 4.69) is 24.0 Å². The Bertz CT molecular complexity index is 692. The van der Waals surface area contributed by atoms with Crippen molar-refractivity contribution >= 4 is 17.2 Å². The van der Waals surface area contributed by atoms with Crippen molar-refractivity contribution in [2.24, 2.45) is 5.41 Å². The van der Waals surface area contributed by atoms with E-state index >= 15 is 0 Å². The number of hydrogen-bond donors (Lipinski definition) is 0. The average molecular weight is 361 g/mol. The third kappa shape index (κ3) is 4.56. The van der Waals surface area contributed by atoms with Gasteiger partial charge in [-0.05, 0) is 24.8 Å². The lowest BCUT2D eigenvalue weighted by atomic mass is 9.81. The van der Waals surface area contributed by atoms with Crippen molar-refractivity contribution in [2.75, 3.05) is 13.7 Å². The number of nitrogens with zero attached hydrogens (tertiary/aromatic N) is 3. The van der Waals surface area contributed by atoms with Crippen LogP contribution in [0.5, 0.6) is 5.19 Å². The fourth-order valence-electron chi connectivity index (χ4n) is 2.46. The lowest BCUT2D eigenvalue weighted by Gasteiger charge is -2.30. The summed E-state index contributed by atoms with van der Waals surface area (Å²) in [7, 11) is 1.60. The number of aromatic nitrogens is 2. The number of halogens is 3. The van der Waals surface area contributed by atoms with E-state index in [1.165, 1.54) is 4.90 Å². The molecule has 9 heteroatoms. The molecule has 0 saturated heterocycles. The number of rotatable bonds is 4. The maximum absolute atomic E-state index is 12.4. The molecule has 0 N–H and O–H groups in total. The highest BCUT2D eigenvalue weighted by atomic mass is 32.1. The number of hydrogen-bond acceptors (Lipinski definition) is 5. The van der Waals surface area contributed by atoms with Crippen LogP contribution in [0.4, 0.5) is 13.2 Å². The molecule has 1 amide bonds. The van der Waals surface area contributed by atoms with Gasteiger partial charge >= 0.3 is 6.18 Å². The number of carbonyl (C=O) groups is 1. The molecule has 0 aromatic carbocycles. The Kier molecular flexibility index (Phi) is 5.03. The van der Waals surface area contributed by atoms with Crippen LogP contribution >= 0.6 is 11.3 Å². The molecule has 0 radical (unpaired) electrons. The molecule has 0 bridgehead atoms. The van der Waals surface area contributed by atoms with Crippen molar-refractivity contribution in [3.05, 3.63) is 28.4 Å². The molecule has 0 saturated carbocycles. The first-order chi connectivity index (χ1) is 11.0. The van der Waals surface area contributed by atoms with Crippen LogP contribution in [0.15, 0.2) is 23.4 Å². The number of ether oxygens (including phenoxy) is 1. The summed E-state index contributed by atoms with van der Waals surface area (Å²) in [5.74, 6) is -0.383. The average Bonchev–Trinajstić information content (AvgIpc) is 2.90. The minimum Gasteiger partial charge on any atom is -0.459 e. The number of amides is 1. The Balaban J connectivity index is 2.00. The molecule has 1 heterocycles. The summed E-state index contributed by atoms with van der Waals surface area (Å²) in [5.41, 5.74) is 1.83. The van der Waals surface area contributed by atoms with Crippen molar-refractivity contribution in [1.29, 1.82) is 0 Å². The van der Waals surface area contributed by atoms with Gasteiger partial charge in [0.2, 0.25) is 5.01 Å². The van der Waals surface area contributed by atoms with Crippen LogP contribution in [0.3, 0.4) is 0 Å². The molecule has 0 unspecified atom stereocenters. The summed E-state index contributed by atoms with van der Waals surface area (Å²) in [6, 6.07) is 0. The van der Waals surface area contributed by atoms with E-state index in [1.807, 2.05) is 19.1 Å². The molecule has 24 heavy (non-hydrogen) atoms. The number of allylic oxidation sites excluding steroid dienone is 3. The maximum atomic E-state index is 12.4. The summed E-state index contributed by atoms with van der Waals surface area (Å²) in [6.07, 6.45) is 0.237. The van der Waals surface area contributed by atoms with E-state index in [9.17, 15) is 18.0 Å². The third-order valence-corrected chi connectivity index (χ3v) is 4.28. The molecule has 1 aliphatic rings. The van der Waals surface area contributed by atoms with Crippen LogP contribution < -0.4 is 4.74 Å². The Hall–Kier alpha value is -1.90. The quantitative estimate of drug-likeness (QED) is 0.821. The van der Waals surface area contributed by atoms with Crippen LogP contribution in [-0.4, -0.2) is 34.7 Å². The molecule has 0 fully saturated rings. The Labute approximate surface area is 141 Å². The summed E-state index contributed by atoms with van der Waals surface area (Å²) in [4.78, 5) is 13.6. The van der Waals surface area contributed by atoms with Gasteiger partial charge in [0, 0.05) is 12.7 Å². The number of likely N-dealkylation sites (N-methyl/N-ethyl adjacent to an activating group) is 1. The highest BCUT2D eigenvalue weighted by Gasteiger charge is 2.36. The Morgan fingerprint density at radius 1 is 1.42 bits per heavy atom. The Morgan fingerprint density at radius 3 is 2.62 bits per heavy atom. The minimum atomic E-state index is -4.57. The van der Waals surface area contributed by atoms with Crippen molar-refractivity contribution in [3.63, 3.8) is 0 Å². The zero-order valence-electron chi connectivity index (χ0n) is 13.8. The van der Waals surface area contributed by atoms with E-state index in [0.29, 0.717) is 0 Å². The van der Waals surface area contributed by atoms with Crippen LogP contribution in [0.2, 0.25) is 0 Å². The predicted molar refractivity (Wildman–Crippen MR) is 83.4 cm³/mol. The monoisotopic (exact) mass is 361 g/mol. The second-order valence-corrected chi connectivity index (χ2v) is 7.28. The molecule has 1 aliphatic carbocycles. The third-order valence-electron chi connectivity index (χ3n) is 3.40. The van der Waals surface area contributed by atoms with Gasteiger partial charge in [-0.15, -0.1) is 5.10 Å². The van der Waals surface area contributed by atoms with Gasteiger partial charge < -0.3 is 9.64 Å². The lowest BCUT2D eigenvalue weighted by molar-refractivity contribution is -0.138. The Morgan fingerprint density at radius 2 is 2.08 bits per heavy atom. The zero-order valence-corrected chi connectivity index (χ0v) is 14.6. The molecule has 1 aromatic heterocycles. The van der Waals surface area contributed by atoms with Crippen LogP contribution in [0.1, 0.15) is 32.2 Å². The molecule has 2 rings (SSSR count). The van der Waals surface area contributed by atoms with Gasteiger partial charge in [-0.1, -0.05) is 41.9 Å². The summed E-state index contributed by atoms with van der Waals surface area (Å²) in [5, 5.41) is 4.91. The molecule has 0 atom stereocenters. The normalized spacial score (nSPS) is 17.1. The highest BCUT2D eigenvalue weighted by molar-refractivity contribution is 7.13. The van der Waals surface area contributed by atoms with Gasteiger partial charge in [-0.3, -0.25) is 4.79 Å². The van der Waals surface area contributed by atoms with Crippen LogP contribution in [-0.2, 0) is 11.0 Å². The minimum absolute atomic E-state index is 0.0651. The SMILES string of the molecule is CC1=CC(N(C)C(=O)COc2nnc(C(F)(F)F)s2)=CC(C)(C)C1. The standard InChI is InChI=1S/C15H18F3N3O2S/c1-9-5-10(7-14(2,3)6-9)21(4)11(22)8-23-13-20-19-12(24-13)15(16,17)18/h5,7H,6,8H2,1-4H3. The van der Waals surface area contributed by atoms with Crippen molar-refractivity contribution < 1.29 is 22.7 Å². The summed E-state index contributed by atoms with van der Waals surface area (Å²) >= 11 is 0.263. The maximum Gasteiger partial charge on any atom is 0.445 e. The summed E-state index contributed by atoms with van der Waals surface area (Å²) in [6.45, 7) is 5.72. The largest absolute Gasteiger partial charge is 0.459 e. The molecule has 0 spiro atoms. The molecular formula is C15H18F3N3O2S. The topological polar surface area (TPSA) is 55.3 Å². The molecule has 132 valence electrons. The van der Waals surface area contributed by atoms with Gasteiger partial charge in [-0.2, -0.15) is 13.2 Å².